The molecule has 0 aromatic carbocycles. The third-order valence-electron chi connectivity index (χ3n) is 1.32. The van der Waals surface area contributed by atoms with Crippen molar-refractivity contribution in [2.24, 2.45) is 0 Å². The van der Waals surface area contributed by atoms with Crippen LogP contribution in [0.25, 0.3) is 0 Å². The van der Waals surface area contributed by atoms with Gasteiger partial charge in [0, 0.05) is 12.5 Å². The van der Waals surface area contributed by atoms with Gasteiger partial charge in [-0.3, -0.25) is 4.57 Å². The lowest BCUT2D eigenvalue weighted by Crippen LogP contribution is -2.02. The van der Waals surface area contributed by atoms with E-state index in [0.717, 1.165) is 11.3 Å². The van der Waals surface area contributed by atoms with Crippen molar-refractivity contribution in [3.8, 4) is 0 Å². The Bertz CT molecular complexity index is 335. The Labute approximate surface area is 78.5 Å². The van der Waals surface area contributed by atoms with Crippen molar-refractivity contribution < 1.29 is 19.1 Å². The van der Waals surface area contributed by atoms with Crippen LogP contribution in [0.3, 0.4) is 0 Å². The Kier molecular flexibility index (Phi) is 3.05. The topological polar surface area (TPSA) is 106 Å². The lowest BCUT2D eigenvalue weighted by molar-refractivity contribution is 0.135. The van der Waals surface area contributed by atoms with Crippen molar-refractivity contribution >= 4 is 24.1 Å². The third kappa shape index (κ3) is 2.49. The predicted octanol–water partition coefficient (Wildman–Crippen LogP) is 0.548. The molecule has 1 atom stereocenters. The molecule has 0 aliphatic carbocycles. The average Bonchev–Trinajstić information content (AvgIpc) is 2.34. The molecule has 0 fully saturated rings. The molecule has 1 aromatic heterocycles. The van der Waals surface area contributed by atoms with Gasteiger partial charge in [-0.1, -0.05) is 0 Å². The Morgan fingerprint density at radius 2 is 2.38 bits per heavy atom. The second-order valence-electron chi connectivity index (χ2n) is 2.29. The molecule has 6 nitrogen and oxygen atoms in total. The standard InChI is InChI=1S/C5H9N2O4PS/c1-11-4(12(8,9)10)3-2-13-5(6)7-3/h2,4H,1H3,(H2,6,7)(H2,8,9,10). The second kappa shape index (κ2) is 3.73. The van der Waals surface area contributed by atoms with Gasteiger partial charge in [-0.05, 0) is 0 Å². The van der Waals surface area contributed by atoms with Crippen LogP contribution in [-0.2, 0) is 9.30 Å². The summed E-state index contributed by atoms with van der Waals surface area (Å²) in [5, 5.41) is 1.72. The van der Waals surface area contributed by atoms with Gasteiger partial charge in [0.25, 0.3) is 0 Å². The van der Waals surface area contributed by atoms with Gasteiger partial charge in [-0.2, -0.15) is 0 Å². The van der Waals surface area contributed by atoms with Gasteiger partial charge < -0.3 is 20.3 Å². The first kappa shape index (κ1) is 10.6. The van der Waals surface area contributed by atoms with Gasteiger partial charge in [0.15, 0.2) is 5.13 Å². The van der Waals surface area contributed by atoms with Crippen LogP contribution in [0.1, 0.15) is 11.5 Å². The van der Waals surface area contributed by atoms with Crippen LogP contribution in [0.2, 0.25) is 0 Å². The highest BCUT2D eigenvalue weighted by atomic mass is 32.1. The van der Waals surface area contributed by atoms with Crippen LogP contribution in [0.5, 0.6) is 0 Å². The molecule has 0 aliphatic heterocycles. The number of rotatable bonds is 3. The van der Waals surface area contributed by atoms with Gasteiger partial charge >= 0.3 is 7.60 Å². The number of ether oxygens (including phenoxy) is 1. The fraction of sp³-hybridized carbons (Fsp3) is 0.400. The normalized spacial score (nSPS) is 14.4. The molecule has 0 radical (unpaired) electrons. The van der Waals surface area contributed by atoms with E-state index in [1.54, 1.807) is 0 Å². The predicted molar refractivity (Wildman–Crippen MR) is 48.3 cm³/mol. The van der Waals surface area contributed by atoms with E-state index < -0.39 is 13.4 Å². The molecular weight excluding hydrogens is 215 g/mol. The number of nitrogens with zero attached hydrogens (tertiary/aromatic N) is 1. The molecule has 13 heavy (non-hydrogen) atoms. The van der Waals surface area contributed by atoms with E-state index in [4.69, 9.17) is 15.5 Å². The van der Waals surface area contributed by atoms with E-state index in [1.165, 1.54) is 12.5 Å². The third-order valence-corrected chi connectivity index (χ3v) is 3.10. The molecule has 1 unspecified atom stereocenters. The minimum atomic E-state index is -4.32. The van der Waals surface area contributed by atoms with Crippen molar-refractivity contribution in [3.63, 3.8) is 0 Å². The smallest absolute Gasteiger partial charge is 0.360 e. The lowest BCUT2D eigenvalue weighted by Gasteiger charge is -2.13. The van der Waals surface area contributed by atoms with Crippen LogP contribution >= 0.6 is 18.9 Å². The van der Waals surface area contributed by atoms with Gasteiger partial charge in [0.2, 0.25) is 5.85 Å². The summed E-state index contributed by atoms with van der Waals surface area (Å²) in [4.78, 5) is 21.4. The number of nitrogen functional groups attached to an aromatic ring is 1. The molecule has 4 N–H and O–H groups in total. The average molecular weight is 224 g/mol. The van der Waals surface area contributed by atoms with E-state index in [-0.39, 0.29) is 10.8 Å². The summed E-state index contributed by atoms with van der Waals surface area (Å²) < 4.78 is 15.5. The molecule has 0 saturated heterocycles. The first-order valence-electron chi connectivity index (χ1n) is 3.24. The summed E-state index contributed by atoms with van der Waals surface area (Å²) in [5.74, 6) is -1.32. The van der Waals surface area contributed by atoms with Crippen molar-refractivity contribution in [1.82, 2.24) is 4.98 Å². The summed E-state index contributed by atoms with van der Waals surface area (Å²) >= 11 is 1.11. The summed E-state index contributed by atoms with van der Waals surface area (Å²) in [6, 6.07) is 0. The molecule has 8 heteroatoms. The molecule has 74 valence electrons. The van der Waals surface area contributed by atoms with Crippen molar-refractivity contribution in [3.05, 3.63) is 11.1 Å². The number of methoxy groups -OCH3 is 1. The van der Waals surface area contributed by atoms with Crippen LogP contribution < -0.4 is 5.73 Å². The second-order valence-corrected chi connectivity index (χ2v) is 4.82. The number of hydrogen-bond donors (Lipinski definition) is 3. The Morgan fingerprint density at radius 1 is 1.77 bits per heavy atom. The van der Waals surface area contributed by atoms with Crippen molar-refractivity contribution in [2.45, 2.75) is 5.85 Å². The Morgan fingerprint density at radius 3 is 2.69 bits per heavy atom. The van der Waals surface area contributed by atoms with Crippen LogP contribution in [0, 0.1) is 0 Å². The van der Waals surface area contributed by atoms with Gasteiger partial charge in [0.1, 0.15) is 0 Å². The number of nitrogens with two attached hydrogens (primary N) is 1. The molecule has 1 rings (SSSR count). The number of anilines is 1. The van der Waals surface area contributed by atoms with Gasteiger partial charge in [-0.15, -0.1) is 11.3 Å². The minimum absolute atomic E-state index is 0.165. The maximum atomic E-state index is 10.9. The van der Waals surface area contributed by atoms with Crippen molar-refractivity contribution in [1.29, 1.82) is 0 Å². The van der Waals surface area contributed by atoms with Crippen LogP contribution in [-0.4, -0.2) is 21.9 Å². The quantitative estimate of drug-likeness (QED) is 0.647. The maximum Gasteiger partial charge on any atom is 0.360 e. The summed E-state index contributed by atoms with van der Waals surface area (Å²) in [5.41, 5.74) is 5.48. The fourth-order valence-corrected chi connectivity index (χ4v) is 2.27. The lowest BCUT2D eigenvalue weighted by atomic mass is 10.5. The van der Waals surface area contributed by atoms with E-state index >= 15 is 0 Å². The maximum absolute atomic E-state index is 10.9. The first-order chi connectivity index (χ1) is 5.95. The van der Waals surface area contributed by atoms with Crippen LogP contribution in [0.15, 0.2) is 5.38 Å². The van der Waals surface area contributed by atoms with Gasteiger partial charge in [-0.25, -0.2) is 4.98 Å². The summed E-state index contributed by atoms with van der Waals surface area (Å²) in [7, 11) is -3.11. The molecule has 0 bridgehead atoms. The number of hydrogen-bond acceptors (Lipinski definition) is 5. The highest BCUT2D eigenvalue weighted by Crippen LogP contribution is 2.52. The minimum Gasteiger partial charge on any atom is -0.375 e. The molecule has 0 amide bonds. The number of thiazole rings is 1. The fourth-order valence-electron chi connectivity index (χ4n) is 0.844. The first-order valence-corrected chi connectivity index (χ1v) is 5.80. The Hall–Kier alpha value is -0.460. The van der Waals surface area contributed by atoms with Crippen molar-refractivity contribution in [2.75, 3.05) is 12.8 Å². The molecule has 0 aliphatic rings. The number of aromatic nitrogens is 1. The Balaban J connectivity index is 2.98. The van der Waals surface area contributed by atoms with E-state index in [0.29, 0.717) is 0 Å². The SMILES string of the molecule is COC(c1csc(N)n1)P(=O)(O)O. The largest absolute Gasteiger partial charge is 0.375 e. The zero-order valence-electron chi connectivity index (χ0n) is 6.75. The summed E-state index contributed by atoms with van der Waals surface area (Å²) in [6.45, 7) is 0. The van der Waals surface area contributed by atoms with E-state index in [2.05, 4.69) is 9.72 Å². The monoisotopic (exact) mass is 224 g/mol. The van der Waals surface area contributed by atoms with E-state index in [9.17, 15) is 4.57 Å². The van der Waals surface area contributed by atoms with E-state index in [1.807, 2.05) is 0 Å². The highest BCUT2D eigenvalue weighted by molar-refractivity contribution is 7.52. The highest BCUT2D eigenvalue weighted by Gasteiger charge is 2.32. The van der Waals surface area contributed by atoms with Crippen LogP contribution in [0.4, 0.5) is 5.13 Å². The molecule has 0 spiro atoms. The molecule has 0 saturated carbocycles. The zero-order chi connectivity index (χ0) is 10.1. The molecule has 1 heterocycles. The zero-order valence-corrected chi connectivity index (χ0v) is 8.46. The van der Waals surface area contributed by atoms with Gasteiger partial charge in [0.05, 0.1) is 5.69 Å². The molecule has 1 aromatic rings. The molecular formula is C5H9N2O4PS. The summed E-state index contributed by atoms with van der Waals surface area (Å²) in [6.07, 6.45) is 0.